The number of carbonyl (C=O) groups excluding carboxylic acids is 2. The number of halogens is 2. The molecule has 1 aromatic heterocycles. The number of nitro groups is 1. The predicted octanol–water partition coefficient (Wildman–Crippen LogP) is 3.42. The van der Waals surface area contributed by atoms with Crippen LogP contribution in [0.4, 0.5) is 5.69 Å². The number of hydrogen-bond acceptors (Lipinski definition) is 7. The molecule has 0 saturated carbocycles. The Morgan fingerprint density at radius 3 is 2.55 bits per heavy atom. The Morgan fingerprint density at radius 2 is 1.84 bits per heavy atom. The Morgan fingerprint density at radius 1 is 1.13 bits per heavy atom. The lowest BCUT2D eigenvalue weighted by Gasteiger charge is -2.07. The van der Waals surface area contributed by atoms with Crippen LogP contribution in [0.2, 0.25) is 10.0 Å². The zero-order valence-corrected chi connectivity index (χ0v) is 17.5. The molecule has 12 heteroatoms. The van der Waals surface area contributed by atoms with E-state index in [4.69, 9.17) is 27.7 Å². The molecule has 0 aliphatic heterocycles. The van der Waals surface area contributed by atoms with Crippen molar-refractivity contribution in [1.82, 2.24) is 20.8 Å². The van der Waals surface area contributed by atoms with E-state index in [0.717, 1.165) is 0 Å². The summed E-state index contributed by atoms with van der Waals surface area (Å²) < 4.78 is 4.95. The van der Waals surface area contributed by atoms with Gasteiger partial charge in [0.1, 0.15) is 0 Å². The van der Waals surface area contributed by atoms with E-state index in [1.165, 1.54) is 24.3 Å². The van der Waals surface area contributed by atoms with Crippen LogP contribution in [0.1, 0.15) is 26.6 Å². The lowest BCUT2D eigenvalue weighted by molar-refractivity contribution is -0.385. The maximum Gasteiger partial charge on any atom is 0.316 e. The molecule has 0 unspecified atom stereocenters. The quantitative estimate of drug-likeness (QED) is 0.310. The first-order chi connectivity index (χ1) is 14.8. The number of amides is 2. The van der Waals surface area contributed by atoms with Crippen LogP contribution in [0.15, 0.2) is 40.9 Å². The molecule has 0 radical (unpaired) electrons. The van der Waals surface area contributed by atoms with Gasteiger partial charge < -0.3 is 15.2 Å². The van der Waals surface area contributed by atoms with E-state index in [2.05, 4.69) is 20.8 Å². The second-order valence-electron chi connectivity index (χ2n) is 6.27. The first kappa shape index (κ1) is 22.2. The Kier molecular flexibility index (Phi) is 6.83. The van der Waals surface area contributed by atoms with Gasteiger partial charge in [-0.2, -0.15) is 4.98 Å². The van der Waals surface area contributed by atoms with Crippen LogP contribution >= 0.6 is 23.2 Å². The highest BCUT2D eigenvalue weighted by Crippen LogP contribution is 2.27. The smallest absolute Gasteiger partial charge is 0.316 e. The van der Waals surface area contributed by atoms with E-state index < -0.39 is 16.7 Å². The Hall–Kier alpha value is -3.50. The van der Waals surface area contributed by atoms with Gasteiger partial charge in [-0.15, -0.1) is 0 Å². The number of rotatable bonds is 7. The van der Waals surface area contributed by atoms with Gasteiger partial charge in [0.2, 0.25) is 5.82 Å². The molecule has 1 heterocycles. The molecule has 2 amide bonds. The molecule has 0 aliphatic rings. The molecule has 10 nitrogen and oxygen atoms in total. The van der Waals surface area contributed by atoms with Crippen molar-refractivity contribution in [3.8, 4) is 11.4 Å². The third-order valence-corrected chi connectivity index (χ3v) is 4.80. The lowest BCUT2D eigenvalue weighted by atomic mass is 10.1. The molecule has 0 atom stereocenters. The van der Waals surface area contributed by atoms with Gasteiger partial charge in [-0.1, -0.05) is 40.5 Å². The molecule has 0 spiro atoms. The number of hydrogen-bond donors (Lipinski definition) is 2. The molecule has 3 rings (SSSR count). The van der Waals surface area contributed by atoms with Crippen LogP contribution in [0.5, 0.6) is 0 Å². The summed E-state index contributed by atoms with van der Waals surface area (Å²) in [5.41, 5.74) is 0.850. The SMILES string of the molecule is Cc1c(-c2noc(C(=O)NCCNC(=O)c3cc(Cl)ccc3Cl)n2)cccc1[N+](=O)[O-]. The van der Waals surface area contributed by atoms with Gasteiger partial charge in [0.05, 0.1) is 15.5 Å². The highest BCUT2D eigenvalue weighted by Gasteiger charge is 2.20. The lowest BCUT2D eigenvalue weighted by Crippen LogP contribution is -2.34. The average molecular weight is 464 g/mol. The van der Waals surface area contributed by atoms with Crippen molar-refractivity contribution in [1.29, 1.82) is 0 Å². The predicted molar refractivity (Wildman–Crippen MR) is 112 cm³/mol. The van der Waals surface area contributed by atoms with Gasteiger partial charge in [0, 0.05) is 35.3 Å². The van der Waals surface area contributed by atoms with Crippen LogP contribution in [0.25, 0.3) is 11.4 Å². The molecule has 0 bridgehead atoms. The van der Waals surface area contributed by atoms with E-state index in [9.17, 15) is 19.7 Å². The maximum atomic E-state index is 12.2. The fraction of sp³-hybridized carbons (Fsp3) is 0.158. The van der Waals surface area contributed by atoms with Crippen LogP contribution in [-0.2, 0) is 0 Å². The van der Waals surface area contributed by atoms with E-state index >= 15 is 0 Å². The van der Waals surface area contributed by atoms with E-state index in [-0.39, 0.29) is 41.1 Å². The number of carbonyl (C=O) groups is 2. The van der Waals surface area contributed by atoms with Gasteiger partial charge in [-0.3, -0.25) is 19.7 Å². The Labute approximate surface area is 185 Å². The zero-order valence-electron chi connectivity index (χ0n) is 16.0. The molecule has 160 valence electrons. The first-order valence-electron chi connectivity index (χ1n) is 8.87. The summed E-state index contributed by atoms with van der Waals surface area (Å²) in [7, 11) is 0. The molecule has 0 saturated heterocycles. The third kappa shape index (κ3) is 5.16. The molecule has 0 fully saturated rings. The number of nitrogens with one attached hydrogen (secondary N) is 2. The van der Waals surface area contributed by atoms with E-state index in [1.807, 2.05) is 0 Å². The number of aromatic nitrogens is 2. The summed E-state index contributed by atoms with van der Waals surface area (Å²) in [6.45, 7) is 1.74. The molecule has 3 aromatic rings. The van der Waals surface area contributed by atoms with Crippen molar-refractivity contribution in [3.05, 3.63) is 73.6 Å². The first-order valence-corrected chi connectivity index (χ1v) is 9.63. The van der Waals surface area contributed by atoms with Gasteiger partial charge in [-0.25, -0.2) is 0 Å². The van der Waals surface area contributed by atoms with Crippen molar-refractivity contribution >= 4 is 40.7 Å². The fourth-order valence-electron chi connectivity index (χ4n) is 2.68. The molecule has 2 aromatic carbocycles. The Bertz CT molecular complexity index is 1160. The minimum absolute atomic E-state index is 0.0512. The highest BCUT2D eigenvalue weighted by molar-refractivity contribution is 6.35. The monoisotopic (exact) mass is 463 g/mol. The van der Waals surface area contributed by atoms with Gasteiger partial charge >= 0.3 is 11.8 Å². The van der Waals surface area contributed by atoms with E-state index in [0.29, 0.717) is 16.1 Å². The van der Waals surface area contributed by atoms with Crippen LogP contribution in [0, 0.1) is 17.0 Å². The van der Waals surface area contributed by atoms with Crippen molar-refractivity contribution in [2.45, 2.75) is 6.92 Å². The highest BCUT2D eigenvalue weighted by atomic mass is 35.5. The standard InChI is InChI=1S/C19H15Cl2N5O5/c1-10-12(3-2-4-15(10)26(29)30)16-24-19(31-25-16)18(28)23-8-7-22-17(27)13-9-11(20)5-6-14(13)21/h2-6,9H,7-8H2,1H3,(H,22,27)(H,23,28). The summed E-state index contributed by atoms with van der Waals surface area (Å²) in [6, 6.07) is 8.95. The second-order valence-corrected chi connectivity index (χ2v) is 7.11. The van der Waals surface area contributed by atoms with Gasteiger partial charge in [0.15, 0.2) is 0 Å². The summed E-state index contributed by atoms with van der Waals surface area (Å²) in [4.78, 5) is 38.9. The van der Waals surface area contributed by atoms with E-state index in [1.54, 1.807) is 19.1 Å². The summed E-state index contributed by atoms with van der Waals surface area (Å²) in [5.74, 6) is -1.36. The van der Waals surface area contributed by atoms with Gasteiger partial charge in [-0.05, 0) is 25.1 Å². The van der Waals surface area contributed by atoms with Crippen molar-refractivity contribution < 1.29 is 19.0 Å². The summed E-state index contributed by atoms with van der Waals surface area (Å²) >= 11 is 11.8. The topological polar surface area (TPSA) is 140 Å². The fourth-order valence-corrected chi connectivity index (χ4v) is 3.06. The molecule has 0 aliphatic carbocycles. The molecule has 31 heavy (non-hydrogen) atoms. The Balaban J connectivity index is 1.57. The minimum Gasteiger partial charge on any atom is -0.350 e. The van der Waals surface area contributed by atoms with Crippen LogP contribution < -0.4 is 10.6 Å². The van der Waals surface area contributed by atoms with Crippen LogP contribution in [-0.4, -0.2) is 40.0 Å². The molecular weight excluding hydrogens is 449 g/mol. The zero-order chi connectivity index (χ0) is 22.5. The average Bonchev–Trinajstić information content (AvgIpc) is 3.22. The molecular formula is C19H15Cl2N5O5. The normalized spacial score (nSPS) is 10.5. The van der Waals surface area contributed by atoms with Crippen LogP contribution in [0.3, 0.4) is 0 Å². The van der Waals surface area contributed by atoms with Crippen molar-refractivity contribution in [3.63, 3.8) is 0 Å². The van der Waals surface area contributed by atoms with Crippen molar-refractivity contribution in [2.75, 3.05) is 13.1 Å². The molecule has 2 N–H and O–H groups in total. The van der Waals surface area contributed by atoms with Crippen molar-refractivity contribution in [2.24, 2.45) is 0 Å². The maximum absolute atomic E-state index is 12.2. The summed E-state index contributed by atoms with van der Waals surface area (Å²) in [6.07, 6.45) is 0. The number of benzene rings is 2. The second kappa shape index (κ2) is 9.54. The minimum atomic E-state index is -0.656. The van der Waals surface area contributed by atoms with Gasteiger partial charge in [0.25, 0.3) is 11.6 Å². The third-order valence-electron chi connectivity index (χ3n) is 4.23. The summed E-state index contributed by atoms with van der Waals surface area (Å²) in [5, 5.41) is 20.5. The number of nitrogens with zero attached hydrogens (tertiary/aromatic N) is 3. The number of nitro benzene ring substituents is 1. The largest absolute Gasteiger partial charge is 0.350 e.